The van der Waals surface area contributed by atoms with E-state index in [1.165, 1.54) is 12.1 Å². The normalized spacial score (nSPS) is 10.5. The third-order valence-corrected chi connectivity index (χ3v) is 2.34. The molecule has 0 N–H and O–H groups in total. The van der Waals surface area contributed by atoms with Crippen molar-refractivity contribution in [3.05, 3.63) is 33.9 Å². The minimum atomic E-state index is -0.408. The van der Waals surface area contributed by atoms with Gasteiger partial charge < -0.3 is 4.74 Å². The number of rotatable bonds is 5. The van der Waals surface area contributed by atoms with Crippen LogP contribution < -0.4 is 4.74 Å². The maximum atomic E-state index is 10.6. The Labute approximate surface area is 95.4 Å². The Bertz CT molecular complexity index is 375. The molecule has 0 fully saturated rings. The number of nitrogens with zero attached hydrogens (tertiary/aromatic N) is 1. The zero-order valence-electron chi connectivity index (χ0n) is 9.90. The van der Waals surface area contributed by atoms with Crippen LogP contribution in [0.1, 0.15) is 25.8 Å². The zero-order valence-corrected chi connectivity index (χ0v) is 9.90. The van der Waals surface area contributed by atoms with Crippen LogP contribution in [0.2, 0.25) is 0 Å². The van der Waals surface area contributed by atoms with Crippen LogP contribution in [0, 0.1) is 23.0 Å². The zero-order chi connectivity index (χ0) is 12.1. The Morgan fingerprint density at radius 1 is 1.44 bits per heavy atom. The predicted molar refractivity (Wildman–Crippen MR) is 62.8 cm³/mol. The lowest BCUT2D eigenvalue weighted by atomic mass is 10.1. The van der Waals surface area contributed by atoms with Gasteiger partial charge in [-0.3, -0.25) is 10.1 Å². The number of non-ortho nitro benzene ring substituents is 1. The minimum absolute atomic E-state index is 0.0742. The molecule has 0 aliphatic carbocycles. The fraction of sp³-hybridized carbons (Fsp3) is 0.500. The molecule has 1 aromatic rings. The molecule has 1 aromatic carbocycles. The first-order valence-corrected chi connectivity index (χ1v) is 5.38. The van der Waals surface area contributed by atoms with Gasteiger partial charge in [0, 0.05) is 6.07 Å². The Morgan fingerprint density at radius 2 is 2.12 bits per heavy atom. The van der Waals surface area contributed by atoms with Crippen molar-refractivity contribution in [1.29, 1.82) is 0 Å². The summed E-state index contributed by atoms with van der Waals surface area (Å²) in [6.45, 7) is 6.71. The summed E-state index contributed by atoms with van der Waals surface area (Å²) in [5.74, 6) is 1.17. The molecule has 0 saturated heterocycles. The van der Waals surface area contributed by atoms with Crippen LogP contribution in [0.3, 0.4) is 0 Å². The van der Waals surface area contributed by atoms with E-state index in [2.05, 4.69) is 13.8 Å². The topological polar surface area (TPSA) is 52.4 Å². The average Bonchev–Trinajstić information content (AvgIpc) is 2.20. The monoisotopic (exact) mass is 223 g/mol. The molecule has 0 amide bonds. The van der Waals surface area contributed by atoms with Crippen molar-refractivity contribution < 1.29 is 9.66 Å². The Kier molecular flexibility index (Phi) is 4.28. The molecule has 0 atom stereocenters. The van der Waals surface area contributed by atoms with Crippen LogP contribution in [0.15, 0.2) is 18.2 Å². The van der Waals surface area contributed by atoms with Crippen LogP contribution in [0.5, 0.6) is 5.75 Å². The van der Waals surface area contributed by atoms with Gasteiger partial charge in [0.2, 0.25) is 0 Å². The molecule has 0 unspecified atom stereocenters. The third-order valence-electron chi connectivity index (χ3n) is 2.34. The lowest BCUT2D eigenvalue weighted by molar-refractivity contribution is -0.384. The molecule has 0 radical (unpaired) electrons. The summed E-state index contributed by atoms with van der Waals surface area (Å²) < 4.78 is 5.53. The number of ether oxygens (including phenoxy) is 1. The number of nitro groups is 1. The average molecular weight is 223 g/mol. The number of benzene rings is 1. The first kappa shape index (κ1) is 12.5. The van der Waals surface area contributed by atoms with Gasteiger partial charge in [0.15, 0.2) is 0 Å². The molecule has 0 spiro atoms. The highest BCUT2D eigenvalue weighted by atomic mass is 16.6. The van der Waals surface area contributed by atoms with Crippen LogP contribution >= 0.6 is 0 Å². The summed E-state index contributed by atoms with van der Waals surface area (Å²) in [4.78, 5) is 10.2. The minimum Gasteiger partial charge on any atom is -0.493 e. The summed E-state index contributed by atoms with van der Waals surface area (Å²) in [6.07, 6.45) is 0.947. The molecule has 0 heterocycles. The molecule has 4 nitrogen and oxygen atoms in total. The van der Waals surface area contributed by atoms with E-state index in [1.54, 1.807) is 6.07 Å². The van der Waals surface area contributed by atoms with Gasteiger partial charge in [-0.25, -0.2) is 0 Å². The van der Waals surface area contributed by atoms with Gasteiger partial charge in [-0.15, -0.1) is 0 Å². The van der Waals surface area contributed by atoms with Crippen molar-refractivity contribution in [2.75, 3.05) is 6.61 Å². The molecular formula is C12H17NO3. The van der Waals surface area contributed by atoms with E-state index < -0.39 is 4.92 Å². The van der Waals surface area contributed by atoms with Crippen LogP contribution in [0.25, 0.3) is 0 Å². The summed E-state index contributed by atoms with van der Waals surface area (Å²) in [5, 5.41) is 10.6. The molecule has 0 aromatic heterocycles. The van der Waals surface area contributed by atoms with E-state index in [4.69, 9.17) is 4.74 Å². The smallest absolute Gasteiger partial charge is 0.273 e. The quantitative estimate of drug-likeness (QED) is 0.568. The lowest BCUT2D eigenvalue weighted by Crippen LogP contribution is -2.02. The number of hydrogen-bond donors (Lipinski definition) is 0. The third kappa shape index (κ3) is 3.53. The summed E-state index contributed by atoms with van der Waals surface area (Å²) in [6, 6.07) is 4.68. The Balaban J connectivity index is 2.70. The maximum absolute atomic E-state index is 10.6. The van der Waals surface area contributed by atoms with Crippen molar-refractivity contribution in [1.82, 2.24) is 0 Å². The second-order valence-electron chi connectivity index (χ2n) is 4.24. The van der Waals surface area contributed by atoms with Gasteiger partial charge >= 0.3 is 0 Å². The maximum Gasteiger partial charge on any atom is 0.273 e. The molecule has 0 aliphatic heterocycles. The molecule has 1 rings (SSSR count). The number of hydrogen-bond acceptors (Lipinski definition) is 3. The van der Waals surface area contributed by atoms with Crippen molar-refractivity contribution in [3.63, 3.8) is 0 Å². The summed E-state index contributed by atoms with van der Waals surface area (Å²) in [7, 11) is 0. The van der Waals surface area contributed by atoms with Crippen LogP contribution in [-0.4, -0.2) is 11.5 Å². The molecule has 0 aliphatic rings. The van der Waals surface area contributed by atoms with Gasteiger partial charge in [0.25, 0.3) is 5.69 Å². The fourth-order valence-corrected chi connectivity index (χ4v) is 1.26. The second kappa shape index (κ2) is 5.49. The van der Waals surface area contributed by atoms with Crippen LogP contribution in [-0.2, 0) is 0 Å². The molecule has 0 bridgehead atoms. The van der Waals surface area contributed by atoms with Gasteiger partial charge in [0.1, 0.15) is 5.75 Å². The van der Waals surface area contributed by atoms with Crippen molar-refractivity contribution >= 4 is 5.69 Å². The van der Waals surface area contributed by atoms with Crippen molar-refractivity contribution in [2.24, 2.45) is 5.92 Å². The van der Waals surface area contributed by atoms with Gasteiger partial charge in [0.05, 0.1) is 17.6 Å². The Hall–Kier alpha value is -1.58. The van der Waals surface area contributed by atoms with Gasteiger partial charge in [-0.1, -0.05) is 13.8 Å². The Morgan fingerprint density at radius 3 is 2.69 bits per heavy atom. The highest BCUT2D eigenvalue weighted by Gasteiger charge is 2.09. The highest BCUT2D eigenvalue weighted by Crippen LogP contribution is 2.24. The molecule has 0 saturated carbocycles. The standard InChI is InChI=1S/C12H17NO3/c1-9(2)6-7-16-12-8-11(13(14)15)5-4-10(12)3/h4-5,8-9H,6-7H2,1-3H3. The van der Waals surface area contributed by atoms with Crippen LogP contribution in [0.4, 0.5) is 5.69 Å². The van der Waals surface area contributed by atoms with Crippen molar-refractivity contribution in [3.8, 4) is 5.75 Å². The van der Waals surface area contributed by atoms with Gasteiger partial charge in [-0.05, 0) is 30.9 Å². The van der Waals surface area contributed by atoms with Crippen molar-refractivity contribution in [2.45, 2.75) is 27.2 Å². The number of aryl methyl sites for hydroxylation is 1. The largest absolute Gasteiger partial charge is 0.493 e. The molecule has 4 heteroatoms. The number of nitro benzene ring substituents is 1. The summed E-state index contributed by atoms with van der Waals surface area (Å²) in [5.41, 5.74) is 1.000. The van der Waals surface area contributed by atoms with Gasteiger partial charge in [-0.2, -0.15) is 0 Å². The SMILES string of the molecule is Cc1ccc([N+](=O)[O-])cc1OCCC(C)C. The van der Waals surface area contributed by atoms with E-state index in [0.717, 1.165) is 12.0 Å². The second-order valence-corrected chi connectivity index (χ2v) is 4.24. The van der Waals surface area contributed by atoms with E-state index in [1.807, 2.05) is 6.92 Å². The van der Waals surface area contributed by atoms with E-state index in [0.29, 0.717) is 18.3 Å². The summed E-state index contributed by atoms with van der Waals surface area (Å²) >= 11 is 0. The highest BCUT2D eigenvalue weighted by molar-refractivity contribution is 5.43. The van der Waals surface area contributed by atoms with E-state index >= 15 is 0 Å². The molecule has 16 heavy (non-hydrogen) atoms. The first-order valence-electron chi connectivity index (χ1n) is 5.38. The van der Waals surface area contributed by atoms with E-state index in [9.17, 15) is 10.1 Å². The predicted octanol–water partition coefficient (Wildman–Crippen LogP) is 3.33. The first-order chi connectivity index (χ1) is 7.50. The fourth-order valence-electron chi connectivity index (χ4n) is 1.26. The molecular weight excluding hydrogens is 206 g/mol. The molecule has 88 valence electrons. The lowest BCUT2D eigenvalue weighted by Gasteiger charge is -2.10. The van der Waals surface area contributed by atoms with E-state index in [-0.39, 0.29) is 5.69 Å².